The second kappa shape index (κ2) is 13.8. The molecule has 0 heterocycles. The first-order valence-electron chi connectivity index (χ1n) is 5.71. The van der Waals surface area contributed by atoms with E-state index in [1.54, 1.807) is 7.11 Å². The molecule has 0 aromatic heterocycles. The van der Waals surface area contributed by atoms with E-state index >= 15 is 0 Å². The van der Waals surface area contributed by atoms with Crippen molar-refractivity contribution in [2.24, 2.45) is 0 Å². The molecule has 0 bridgehead atoms. The summed E-state index contributed by atoms with van der Waals surface area (Å²) >= 11 is 0. The number of methoxy groups -OCH3 is 1. The van der Waals surface area contributed by atoms with Crippen LogP contribution in [0.5, 0.6) is 0 Å². The van der Waals surface area contributed by atoms with Crippen LogP contribution in [0.2, 0.25) is 0 Å². The van der Waals surface area contributed by atoms with Crippen molar-refractivity contribution >= 4 is 0 Å². The lowest BCUT2D eigenvalue weighted by Crippen LogP contribution is -2.09. The molecule has 0 aromatic rings. The Labute approximate surface area is 93.3 Å². The summed E-state index contributed by atoms with van der Waals surface area (Å²) in [5.74, 6) is 0. The molecule has 0 rings (SSSR count). The summed E-state index contributed by atoms with van der Waals surface area (Å²) in [5.41, 5.74) is 0. The number of ether oxygens (including phenoxy) is 3. The Morgan fingerprint density at radius 1 is 0.800 bits per heavy atom. The number of rotatable bonds is 12. The van der Waals surface area contributed by atoms with Crippen LogP contribution in [-0.2, 0) is 14.2 Å². The Morgan fingerprint density at radius 2 is 1.47 bits per heavy atom. The third kappa shape index (κ3) is 13.8. The zero-order valence-electron chi connectivity index (χ0n) is 10.1. The van der Waals surface area contributed by atoms with Crippen LogP contribution >= 0.6 is 0 Å². The highest BCUT2D eigenvalue weighted by atomic mass is 16.5. The Bertz CT molecular complexity index is 100. The van der Waals surface area contributed by atoms with Crippen molar-refractivity contribution < 1.29 is 14.2 Å². The topological polar surface area (TPSA) is 39.7 Å². The molecule has 4 nitrogen and oxygen atoms in total. The number of hydrogen-bond acceptors (Lipinski definition) is 4. The molecule has 92 valence electrons. The summed E-state index contributed by atoms with van der Waals surface area (Å²) < 4.78 is 15.5. The number of hydrogen-bond donors (Lipinski definition) is 1. The fraction of sp³-hybridized carbons (Fsp3) is 1.00. The lowest BCUT2D eigenvalue weighted by molar-refractivity contribution is 0.0240. The number of nitrogens with one attached hydrogen (secondary N) is 1. The van der Waals surface area contributed by atoms with E-state index in [-0.39, 0.29) is 0 Å². The van der Waals surface area contributed by atoms with E-state index in [9.17, 15) is 0 Å². The van der Waals surface area contributed by atoms with Gasteiger partial charge in [-0.3, -0.25) is 0 Å². The first-order valence-corrected chi connectivity index (χ1v) is 5.71. The predicted octanol–water partition coefficient (Wildman–Crippen LogP) is 1.06. The minimum atomic E-state index is 0.655. The van der Waals surface area contributed by atoms with E-state index in [2.05, 4.69) is 5.32 Å². The van der Waals surface area contributed by atoms with E-state index in [1.807, 2.05) is 7.05 Å². The maximum Gasteiger partial charge on any atom is 0.0701 e. The van der Waals surface area contributed by atoms with Gasteiger partial charge in [0.25, 0.3) is 0 Å². The van der Waals surface area contributed by atoms with Gasteiger partial charge in [0.05, 0.1) is 26.4 Å². The summed E-state index contributed by atoms with van der Waals surface area (Å²) in [6, 6.07) is 0. The SMILES string of the molecule is CNCCCCCOCCOCCOC. The summed E-state index contributed by atoms with van der Waals surface area (Å²) in [6.45, 7) is 4.61. The molecule has 15 heavy (non-hydrogen) atoms. The van der Waals surface area contributed by atoms with Gasteiger partial charge in [0.2, 0.25) is 0 Å². The molecule has 0 radical (unpaired) electrons. The van der Waals surface area contributed by atoms with Crippen molar-refractivity contribution in [3.8, 4) is 0 Å². The van der Waals surface area contributed by atoms with Gasteiger partial charge in [-0.05, 0) is 32.9 Å². The predicted molar refractivity (Wildman–Crippen MR) is 61.3 cm³/mol. The van der Waals surface area contributed by atoms with Crippen molar-refractivity contribution in [3.05, 3.63) is 0 Å². The van der Waals surface area contributed by atoms with Crippen LogP contribution in [0.15, 0.2) is 0 Å². The van der Waals surface area contributed by atoms with E-state index in [1.165, 1.54) is 12.8 Å². The number of unbranched alkanes of at least 4 members (excludes halogenated alkanes) is 2. The fourth-order valence-electron chi connectivity index (χ4n) is 1.15. The lowest BCUT2D eigenvalue weighted by atomic mass is 10.2. The normalized spacial score (nSPS) is 10.8. The molecule has 0 saturated heterocycles. The molecular weight excluding hydrogens is 194 g/mol. The van der Waals surface area contributed by atoms with E-state index < -0.39 is 0 Å². The maximum atomic E-state index is 5.41. The smallest absolute Gasteiger partial charge is 0.0701 e. The van der Waals surface area contributed by atoms with E-state index in [4.69, 9.17) is 14.2 Å². The molecule has 0 fully saturated rings. The Kier molecular flexibility index (Phi) is 13.7. The zero-order valence-corrected chi connectivity index (χ0v) is 10.1. The molecule has 4 heteroatoms. The van der Waals surface area contributed by atoms with E-state index in [0.717, 1.165) is 19.6 Å². The quantitative estimate of drug-likeness (QED) is 0.498. The average Bonchev–Trinajstić information content (AvgIpc) is 2.26. The molecule has 0 aromatic carbocycles. The van der Waals surface area contributed by atoms with Crippen molar-refractivity contribution in [3.63, 3.8) is 0 Å². The minimum absolute atomic E-state index is 0.655. The molecule has 0 atom stereocenters. The summed E-state index contributed by atoms with van der Waals surface area (Å²) in [5, 5.41) is 3.13. The Hall–Kier alpha value is -0.160. The monoisotopic (exact) mass is 219 g/mol. The van der Waals surface area contributed by atoms with Crippen molar-refractivity contribution in [2.75, 3.05) is 53.7 Å². The van der Waals surface area contributed by atoms with Gasteiger partial charge in [-0.25, -0.2) is 0 Å². The fourth-order valence-corrected chi connectivity index (χ4v) is 1.15. The van der Waals surface area contributed by atoms with Crippen molar-refractivity contribution in [1.82, 2.24) is 5.32 Å². The molecule has 0 spiro atoms. The lowest BCUT2D eigenvalue weighted by Gasteiger charge is -2.05. The molecule has 0 aliphatic heterocycles. The Balaban J connectivity index is 2.81. The highest BCUT2D eigenvalue weighted by molar-refractivity contribution is 4.43. The molecule has 0 amide bonds. The average molecular weight is 219 g/mol. The van der Waals surface area contributed by atoms with Crippen molar-refractivity contribution in [1.29, 1.82) is 0 Å². The first-order chi connectivity index (χ1) is 7.41. The van der Waals surface area contributed by atoms with Crippen LogP contribution in [0.25, 0.3) is 0 Å². The van der Waals surface area contributed by atoms with Gasteiger partial charge in [-0.2, -0.15) is 0 Å². The highest BCUT2D eigenvalue weighted by Crippen LogP contribution is 1.94. The standard InChI is InChI=1S/C11H25NO3/c1-12-6-4-3-5-7-14-10-11-15-9-8-13-2/h12H,3-11H2,1-2H3. The molecular formula is C11H25NO3. The molecule has 0 saturated carbocycles. The van der Waals surface area contributed by atoms with Crippen LogP contribution in [0, 0.1) is 0 Å². The summed E-state index contributed by atoms with van der Waals surface area (Å²) in [6.07, 6.45) is 3.59. The van der Waals surface area contributed by atoms with Crippen LogP contribution in [0.3, 0.4) is 0 Å². The zero-order chi connectivity index (χ0) is 11.2. The van der Waals surface area contributed by atoms with Gasteiger partial charge < -0.3 is 19.5 Å². The van der Waals surface area contributed by atoms with E-state index in [0.29, 0.717) is 26.4 Å². The highest BCUT2D eigenvalue weighted by Gasteiger charge is 1.91. The minimum Gasteiger partial charge on any atom is -0.382 e. The molecule has 1 N–H and O–H groups in total. The van der Waals surface area contributed by atoms with Gasteiger partial charge in [-0.1, -0.05) is 0 Å². The molecule has 0 unspecified atom stereocenters. The maximum absolute atomic E-state index is 5.41. The van der Waals surface area contributed by atoms with Gasteiger partial charge in [-0.15, -0.1) is 0 Å². The van der Waals surface area contributed by atoms with Crippen LogP contribution in [-0.4, -0.2) is 53.7 Å². The third-order valence-corrected chi connectivity index (χ3v) is 2.02. The molecule has 0 aliphatic rings. The van der Waals surface area contributed by atoms with Crippen LogP contribution in [0.1, 0.15) is 19.3 Å². The van der Waals surface area contributed by atoms with Gasteiger partial charge in [0.15, 0.2) is 0 Å². The summed E-state index contributed by atoms with van der Waals surface area (Å²) in [4.78, 5) is 0. The van der Waals surface area contributed by atoms with Crippen LogP contribution < -0.4 is 5.32 Å². The van der Waals surface area contributed by atoms with Crippen molar-refractivity contribution in [2.45, 2.75) is 19.3 Å². The Morgan fingerprint density at radius 3 is 2.13 bits per heavy atom. The van der Waals surface area contributed by atoms with Gasteiger partial charge in [0, 0.05) is 13.7 Å². The van der Waals surface area contributed by atoms with Gasteiger partial charge in [0.1, 0.15) is 0 Å². The van der Waals surface area contributed by atoms with Gasteiger partial charge >= 0.3 is 0 Å². The molecule has 0 aliphatic carbocycles. The second-order valence-electron chi connectivity index (χ2n) is 3.38. The summed E-state index contributed by atoms with van der Waals surface area (Å²) in [7, 11) is 3.65. The third-order valence-electron chi connectivity index (χ3n) is 2.02. The first kappa shape index (κ1) is 14.8. The largest absolute Gasteiger partial charge is 0.382 e. The van der Waals surface area contributed by atoms with Crippen LogP contribution in [0.4, 0.5) is 0 Å². The second-order valence-corrected chi connectivity index (χ2v) is 3.38.